The number of rotatable bonds is 2. The number of pyridine rings is 1. The lowest BCUT2D eigenvalue weighted by Gasteiger charge is -2.15. The molecule has 7 heteroatoms. The second-order valence-corrected chi connectivity index (χ2v) is 5.24. The van der Waals surface area contributed by atoms with Crippen molar-refractivity contribution >= 4 is 11.6 Å². The predicted molar refractivity (Wildman–Crippen MR) is 76.1 cm³/mol. The van der Waals surface area contributed by atoms with Crippen LogP contribution in [0.25, 0.3) is 0 Å². The van der Waals surface area contributed by atoms with E-state index < -0.39 is 29.1 Å². The summed E-state index contributed by atoms with van der Waals surface area (Å²) >= 11 is 0. The van der Waals surface area contributed by atoms with Gasteiger partial charge in [0, 0.05) is 29.4 Å². The Kier molecular flexibility index (Phi) is 3.79. The Hall–Kier alpha value is -2.83. The number of hydrogen-bond acceptors (Lipinski definition) is 3. The fraction of sp³-hybridized carbons (Fsp3) is 0.118. The number of carbonyl (C=O) groups is 2. The summed E-state index contributed by atoms with van der Waals surface area (Å²) in [7, 11) is 0. The van der Waals surface area contributed by atoms with E-state index in [9.17, 15) is 27.2 Å². The molecule has 0 N–H and O–H groups in total. The van der Waals surface area contributed by atoms with Gasteiger partial charge in [0.25, 0.3) is 0 Å². The molecule has 24 heavy (non-hydrogen) atoms. The van der Waals surface area contributed by atoms with E-state index in [-0.39, 0.29) is 28.8 Å². The highest BCUT2D eigenvalue weighted by Crippen LogP contribution is 2.29. The lowest BCUT2D eigenvalue weighted by molar-refractivity contribution is -0.137. The first-order chi connectivity index (χ1) is 11.3. The molecule has 3 rings (SSSR count). The minimum Gasteiger partial charge on any atom is -0.289 e. The Morgan fingerprint density at radius 1 is 1.04 bits per heavy atom. The summed E-state index contributed by atoms with van der Waals surface area (Å²) in [5, 5.41) is 0. The van der Waals surface area contributed by atoms with E-state index in [1.807, 2.05) is 0 Å². The van der Waals surface area contributed by atoms with E-state index in [2.05, 4.69) is 4.98 Å². The van der Waals surface area contributed by atoms with E-state index in [4.69, 9.17) is 0 Å². The maximum absolute atomic E-state index is 13.9. The summed E-state index contributed by atoms with van der Waals surface area (Å²) in [6.45, 7) is 0. The van der Waals surface area contributed by atoms with Gasteiger partial charge < -0.3 is 0 Å². The zero-order valence-corrected chi connectivity index (χ0v) is 12.0. The number of halogens is 4. The van der Waals surface area contributed by atoms with Gasteiger partial charge in [-0.1, -0.05) is 12.1 Å². The second-order valence-electron chi connectivity index (χ2n) is 5.24. The topological polar surface area (TPSA) is 47.0 Å². The molecule has 1 aliphatic rings. The van der Waals surface area contributed by atoms with Gasteiger partial charge in [0.2, 0.25) is 0 Å². The zero-order valence-electron chi connectivity index (χ0n) is 12.0. The quantitative estimate of drug-likeness (QED) is 0.785. The van der Waals surface area contributed by atoms with Crippen molar-refractivity contribution in [1.82, 2.24) is 4.98 Å². The Morgan fingerprint density at radius 2 is 1.79 bits per heavy atom. The summed E-state index contributed by atoms with van der Waals surface area (Å²) < 4.78 is 51.4. The Morgan fingerprint density at radius 3 is 2.42 bits per heavy atom. The number of nitrogens with zero attached hydrogens (tertiary/aromatic N) is 1. The third kappa shape index (κ3) is 2.84. The molecule has 2 aromatic rings. The third-order valence-corrected chi connectivity index (χ3v) is 3.63. The minimum absolute atomic E-state index is 0.00939. The van der Waals surface area contributed by atoms with Gasteiger partial charge in [-0.3, -0.25) is 14.6 Å². The van der Waals surface area contributed by atoms with Crippen LogP contribution < -0.4 is 0 Å². The maximum atomic E-state index is 13.9. The van der Waals surface area contributed by atoms with Crippen LogP contribution in [-0.4, -0.2) is 16.6 Å². The van der Waals surface area contributed by atoms with Gasteiger partial charge in [-0.2, -0.15) is 13.2 Å². The molecule has 0 unspecified atom stereocenters. The van der Waals surface area contributed by atoms with Crippen LogP contribution in [0.1, 0.15) is 32.0 Å². The first kappa shape index (κ1) is 16.0. The summed E-state index contributed by atoms with van der Waals surface area (Å²) in [5.74, 6) is -1.99. The van der Waals surface area contributed by atoms with Gasteiger partial charge >= 0.3 is 6.18 Å². The van der Waals surface area contributed by atoms with Crippen LogP contribution in [0.15, 0.2) is 48.2 Å². The average Bonchev–Trinajstić information content (AvgIpc) is 2.52. The molecule has 0 atom stereocenters. The molecule has 1 aromatic heterocycles. The molecule has 0 radical (unpaired) electrons. The molecule has 0 fully saturated rings. The summed E-state index contributed by atoms with van der Waals surface area (Å²) in [6, 6.07) is 5.71. The lowest BCUT2D eigenvalue weighted by atomic mass is 9.87. The van der Waals surface area contributed by atoms with Crippen molar-refractivity contribution in [3.05, 3.63) is 76.4 Å². The molecule has 0 spiro atoms. The highest BCUT2D eigenvalue weighted by atomic mass is 19.4. The van der Waals surface area contributed by atoms with Crippen LogP contribution in [0.2, 0.25) is 0 Å². The fourth-order valence-corrected chi connectivity index (χ4v) is 2.45. The van der Waals surface area contributed by atoms with Gasteiger partial charge in [-0.25, -0.2) is 4.39 Å². The van der Waals surface area contributed by atoms with Crippen LogP contribution in [0.4, 0.5) is 17.6 Å². The smallest absolute Gasteiger partial charge is 0.289 e. The standard InChI is InChI=1S/C17H9F4NO2/c18-13-3-1-2-12-14(23)7-9(16(24)15(12)13)6-11-5-4-10(8-22-11)17(19,20)21/h1-5,7-8H,6H2. The maximum Gasteiger partial charge on any atom is 0.417 e. The number of allylic oxidation sites excluding steroid dienone is 2. The first-order valence-corrected chi connectivity index (χ1v) is 6.87. The number of ketones is 2. The number of benzene rings is 1. The van der Waals surface area contributed by atoms with Crippen LogP contribution in [0.5, 0.6) is 0 Å². The molecule has 1 aliphatic carbocycles. The summed E-state index contributed by atoms with van der Waals surface area (Å²) in [6.07, 6.45) is -2.94. The fourth-order valence-electron chi connectivity index (χ4n) is 2.45. The summed E-state index contributed by atoms with van der Waals surface area (Å²) in [4.78, 5) is 28.0. The van der Waals surface area contributed by atoms with Crippen molar-refractivity contribution in [2.24, 2.45) is 0 Å². The van der Waals surface area contributed by atoms with Gasteiger partial charge in [0.1, 0.15) is 5.82 Å². The Bertz CT molecular complexity index is 867. The molecule has 122 valence electrons. The molecule has 0 saturated heterocycles. The number of alkyl halides is 3. The van der Waals surface area contributed by atoms with Crippen molar-refractivity contribution in [3.63, 3.8) is 0 Å². The van der Waals surface area contributed by atoms with E-state index in [1.54, 1.807) is 0 Å². The predicted octanol–water partition coefficient (Wildman–Crippen LogP) is 3.79. The molecule has 0 amide bonds. The van der Waals surface area contributed by atoms with E-state index in [0.717, 1.165) is 24.3 Å². The van der Waals surface area contributed by atoms with Crippen molar-refractivity contribution < 1.29 is 27.2 Å². The van der Waals surface area contributed by atoms with Crippen LogP contribution in [-0.2, 0) is 12.6 Å². The molecule has 0 bridgehead atoms. The van der Waals surface area contributed by atoms with Crippen molar-refractivity contribution in [1.29, 1.82) is 0 Å². The first-order valence-electron chi connectivity index (χ1n) is 6.87. The minimum atomic E-state index is -4.51. The largest absolute Gasteiger partial charge is 0.417 e. The second kappa shape index (κ2) is 5.67. The van der Waals surface area contributed by atoms with Crippen LogP contribution in [0.3, 0.4) is 0 Å². The van der Waals surface area contributed by atoms with Crippen molar-refractivity contribution in [2.45, 2.75) is 12.6 Å². The molecular formula is C17H9F4NO2. The lowest BCUT2D eigenvalue weighted by Crippen LogP contribution is -2.20. The highest BCUT2D eigenvalue weighted by molar-refractivity contribution is 6.24. The van der Waals surface area contributed by atoms with E-state index in [0.29, 0.717) is 6.20 Å². The summed E-state index contributed by atoms with van der Waals surface area (Å²) in [5.41, 5.74) is -1.08. The van der Waals surface area contributed by atoms with Gasteiger partial charge in [-0.05, 0) is 24.3 Å². The molecule has 0 aliphatic heterocycles. The number of carbonyl (C=O) groups excluding carboxylic acids is 2. The monoisotopic (exact) mass is 335 g/mol. The van der Waals surface area contributed by atoms with Gasteiger partial charge in [0.15, 0.2) is 11.6 Å². The molecule has 3 nitrogen and oxygen atoms in total. The van der Waals surface area contributed by atoms with Crippen molar-refractivity contribution in [3.8, 4) is 0 Å². The number of hydrogen-bond donors (Lipinski definition) is 0. The van der Waals surface area contributed by atoms with Crippen LogP contribution >= 0.6 is 0 Å². The Labute approximate surface area is 133 Å². The van der Waals surface area contributed by atoms with Crippen molar-refractivity contribution in [2.75, 3.05) is 0 Å². The third-order valence-electron chi connectivity index (χ3n) is 3.63. The van der Waals surface area contributed by atoms with Crippen LogP contribution in [0, 0.1) is 5.82 Å². The molecule has 1 heterocycles. The van der Waals surface area contributed by atoms with Gasteiger partial charge in [-0.15, -0.1) is 0 Å². The highest BCUT2D eigenvalue weighted by Gasteiger charge is 2.31. The number of Topliss-reactive ketones (excluding diaryl/α,β-unsaturated/α-hetero) is 1. The number of fused-ring (bicyclic) bond motifs is 1. The normalized spacial score (nSPS) is 14.4. The van der Waals surface area contributed by atoms with Gasteiger partial charge in [0.05, 0.1) is 11.1 Å². The molecule has 0 saturated carbocycles. The number of aromatic nitrogens is 1. The molecule has 1 aromatic carbocycles. The zero-order chi connectivity index (χ0) is 17.5. The molecular weight excluding hydrogens is 326 g/mol. The average molecular weight is 335 g/mol. The Balaban J connectivity index is 1.90. The van der Waals surface area contributed by atoms with E-state index in [1.165, 1.54) is 12.1 Å². The SMILES string of the molecule is O=C1C=C(Cc2ccc(C(F)(F)F)cn2)C(=O)c2c(F)cccc21. The van der Waals surface area contributed by atoms with E-state index >= 15 is 0 Å².